The maximum Gasteiger partial charge on any atom is 0.355 e. The van der Waals surface area contributed by atoms with E-state index in [2.05, 4.69) is 20.4 Å². The average Bonchev–Trinajstić information content (AvgIpc) is 2.87. The van der Waals surface area contributed by atoms with E-state index in [9.17, 15) is 14.9 Å². The molecule has 0 fully saturated rings. The molecule has 98 valence electrons. The summed E-state index contributed by atoms with van der Waals surface area (Å²) in [6.07, 6.45) is 2.51. The van der Waals surface area contributed by atoms with Crippen molar-refractivity contribution in [3.8, 4) is 5.82 Å². The van der Waals surface area contributed by atoms with E-state index in [1.54, 1.807) is 0 Å². The topological polar surface area (TPSA) is 142 Å². The van der Waals surface area contributed by atoms with Gasteiger partial charge in [0.1, 0.15) is 12.0 Å². The lowest BCUT2D eigenvalue weighted by Gasteiger charge is -2.05. The van der Waals surface area contributed by atoms with Crippen molar-refractivity contribution in [2.45, 2.75) is 0 Å². The largest absolute Gasteiger partial charge is 0.367 e. The number of nitro groups is 1. The van der Waals surface area contributed by atoms with Gasteiger partial charge in [-0.15, -0.1) is 0 Å². The van der Waals surface area contributed by atoms with Gasteiger partial charge >= 0.3 is 5.69 Å². The van der Waals surface area contributed by atoms with Gasteiger partial charge in [-0.25, -0.2) is 14.6 Å². The summed E-state index contributed by atoms with van der Waals surface area (Å²) in [5.41, 5.74) is 4.71. The summed E-state index contributed by atoms with van der Waals surface area (Å²) in [5, 5.41) is 17.5. The SMILES string of the molecule is CNc1ncnc(-n2ccc(C(N)=O)n2)c1[N+](=O)[O-]. The van der Waals surface area contributed by atoms with Crippen LogP contribution in [0.2, 0.25) is 0 Å². The molecular weight excluding hydrogens is 254 g/mol. The minimum Gasteiger partial charge on any atom is -0.367 e. The third kappa shape index (κ3) is 2.18. The lowest BCUT2D eigenvalue weighted by atomic mass is 10.4. The van der Waals surface area contributed by atoms with Crippen LogP contribution in [-0.2, 0) is 0 Å². The third-order valence-corrected chi connectivity index (χ3v) is 2.28. The van der Waals surface area contributed by atoms with Crippen LogP contribution in [0.4, 0.5) is 11.5 Å². The van der Waals surface area contributed by atoms with E-state index in [-0.39, 0.29) is 23.0 Å². The molecule has 19 heavy (non-hydrogen) atoms. The maximum absolute atomic E-state index is 11.1. The number of anilines is 1. The van der Waals surface area contributed by atoms with Crippen LogP contribution in [0.1, 0.15) is 10.5 Å². The predicted molar refractivity (Wildman–Crippen MR) is 63.9 cm³/mol. The molecular formula is C9H9N7O3. The van der Waals surface area contributed by atoms with Crippen molar-refractivity contribution in [2.24, 2.45) is 5.73 Å². The Morgan fingerprint density at radius 1 is 1.53 bits per heavy atom. The predicted octanol–water partition coefficient (Wildman–Crippen LogP) is -0.289. The fourth-order valence-electron chi connectivity index (χ4n) is 1.46. The van der Waals surface area contributed by atoms with Gasteiger partial charge in [-0.05, 0) is 6.07 Å². The van der Waals surface area contributed by atoms with E-state index in [4.69, 9.17) is 5.73 Å². The first-order valence-corrected chi connectivity index (χ1v) is 5.07. The standard InChI is InChI=1S/C9H9N7O3/c1-11-8-6(16(18)19)9(13-4-12-8)15-3-2-5(14-15)7(10)17/h2-4H,1H3,(H2,10,17)(H,11,12,13). The highest BCUT2D eigenvalue weighted by Crippen LogP contribution is 2.26. The minimum absolute atomic E-state index is 0.0149. The monoisotopic (exact) mass is 263 g/mol. The van der Waals surface area contributed by atoms with E-state index in [0.717, 1.165) is 11.0 Å². The summed E-state index contributed by atoms with van der Waals surface area (Å²) in [7, 11) is 1.50. The minimum atomic E-state index is -0.732. The zero-order valence-corrected chi connectivity index (χ0v) is 9.77. The number of nitrogens with one attached hydrogen (secondary N) is 1. The van der Waals surface area contributed by atoms with Gasteiger partial charge in [0, 0.05) is 13.2 Å². The Morgan fingerprint density at radius 2 is 2.26 bits per heavy atom. The number of nitrogens with zero attached hydrogens (tertiary/aromatic N) is 5. The van der Waals surface area contributed by atoms with Gasteiger partial charge in [0.25, 0.3) is 5.91 Å². The summed E-state index contributed by atoms with van der Waals surface area (Å²) in [6.45, 7) is 0. The summed E-state index contributed by atoms with van der Waals surface area (Å²) >= 11 is 0. The quantitative estimate of drug-likeness (QED) is 0.570. The first-order chi connectivity index (χ1) is 9.04. The lowest BCUT2D eigenvalue weighted by Crippen LogP contribution is -2.13. The van der Waals surface area contributed by atoms with Crippen molar-refractivity contribution in [1.82, 2.24) is 19.7 Å². The smallest absolute Gasteiger partial charge is 0.355 e. The number of nitrogens with two attached hydrogens (primary N) is 1. The Morgan fingerprint density at radius 3 is 2.79 bits per heavy atom. The first-order valence-electron chi connectivity index (χ1n) is 5.07. The first kappa shape index (κ1) is 12.4. The fourth-order valence-corrected chi connectivity index (χ4v) is 1.46. The molecule has 0 saturated heterocycles. The van der Waals surface area contributed by atoms with Crippen molar-refractivity contribution in [2.75, 3.05) is 12.4 Å². The van der Waals surface area contributed by atoms with E-state index in [1.807, 2.05) is 0 Å². The van der Waals surface area contributed by atoms with Crippen molar-refractivity contribution in [3.63, 3.8) is 0 Å². The summed E-state index contributed by atoms with van der Waals surface area (Å²) in [5.74, 6) is -0.743. The average molecular weight is 263 g/mol. The number of amides is 1. The van der Waals surface area contributed by atoms with Gasteiger partial charge in [-0.1, -0.05) is 0 Å². The van der Waals surface area contributed by atoms with Gasteiger partial charge in [0.05, 0.1) is 4.92 Å². The molecule has 0 aliphatic heterocycles. The summed E-state index contributed by atoms with van der Waals surface area (Å²) < 4.78 is 1.10. The molecule has 0 bridgehead atoms. The molecule has 10 nitrogen and oxygen atoms in total. The Labute approximate surface area is 106 Å². The van der Waals surface area contributed by atoms with Crippen LogP contribution in [0.15, 0.2) is 18.6 Å². The molecule has 2 aromatic rings. The van der Waals surface area contributed by atoms with Gasteiger partial charge < -0.3 is 11.1 Å². The zero-order chi connectivity index (χ0) is 14.0. The summed E-state index contributed by atoms with van der Waals surface area (Å²) in [6, 6.07) is 1.34. The number of primary amides is 1. The van der Waals surface area contributed by atoms with Crippen LogP contribution in [0, 0.1) is 10.1 Å². The molecule has 0 radical (unpaired) electrons. The summed E-state index contributed by atoms with van der Waals surface area (Å²) in [4.78, 5) is 28.9. The van der Waals surface area contributed by atoms with E-state index < -0.39 is 10.8 Å². The molecule has 1 amide bonds. The van der Waals surface area contributed by atoms with Crippen molar-refractivity contribution in [1.29, 1.82) is 0 Å². The highest BCUT2D eigenvalue weighted by molar-refractivity contribution is 5.90. The van der Waals surface area contributed by atoms with Gasteiger partial charge in [-0.3, -0.25) is 14.9 Å². The Hall–Kier alpha value is -3.04. The fraction of sp³-hybridized carbons (Fsp3) is 0.111. The number of carbonyl (C=O) groups is 1. The number of aromatic nitrogens is 4. The van der Waals surface area contributed by atoms with Gasteiger partial charge in [0.2, 0.25) is 11.6 Å². The number of carbonyl (C=O) groups excluding carboxylic acids is 1. The molecule has 0 saturated carbocycles. The molecule has 0 aliphatic carbocycles. The molecule has 2 aromatic heterocycles. The van der Waals surface area contributed by atoms with Crippen molar-refractivity contribution >= 4 is 17.4 Å². The van der Waals surface area contributed by atoms with Crippen molar-refractivity contribution in [3.05, 3.63) is 34.4 Å². The van der Waals surface area contributed by atoms with Crippen LogP contribution in [-0.4, -0.2) is 37.6 Å². The van der Waals surface area contributed by atoms with Gasteiger partial charge in [-0.2, -0.15) is 5.10 Å². The highest BCUT2D eigenvalue weighted by Gasteiger charge is 2.24. The second kappa shape index (κ2) is 4.68. The molecule has 2 heterocycles. The highest BCUT2D eigenvalue weighted by atomic mass is 16.6. The Balaban J connectivity index is 2.60. The number of rotatable bonds is 4. The number of hydrogen-bond donors (Lipinski definition) is 2. The molecule has 0 atom stereocenters. The second-order valence-electron chi connectivity index (χ2n) is 3.41. The molecule has 0 aromatic carbocycles. The van der Waals surface area contributed by atoms with Crippen LogP contribution in [0.25, 0.3) is 5.82 Å². The molecule has 2 rings (SSSR count). The molecule has 3 N–H and O–H groups in total. The van der Waals surface area contributed by atoms with E-state index in [0.29, 0.717) is 0 Å². The normalized spacial score (nSPS) is 10.2. The maximum atomic E-state index is 11.1. The van der Waals surface area contributed by atoms with Gasteiger partial charge in [0.15, 0.2) is 0 Å². The van der Waals surface area contributed by atoms with Crippen molar-refractivity contribution < 1.29 is 9.72 Å². The zero-order valence-electron chi connectivity index (χ0n) is 9.77. The third-order valence-electron chi connectivity index (χ3n) is 2.28. The van der Waals surface area contributed by atoms with Crippen LogP contribution in [0.5, 0.6) is 0 Å². The lowest BCUT2D eigenvalue weighted by molar-refractivity contribution is -0.384. The number of hydrogen-bond acceptors (Lipinski definition) is 7. The van der Waals surface area contributed by atoms with Crippen LogP contribution in [0.3, 0.4) is 0 Å². The molecule has 10 heteroatoms. The van der Waals surface area contributed by atoms with E-state index >= 15 is 0 Å². The second-order valence-corrected chi connectivity index (χ2v) is 3.41. The van der Waals surface area contributed by atoms with Crippen LogP contribution >= 0.6 is 0 Å². The molecule has 0 spiro atoms. The molecule has 0 unspecified atom stereocenters. The molecule has 0 aliphatic rings. The Bertz CT molecular complexity index is 651. The van der Waals surface area contributed by atoms with Crippen LogP contribution < -0.4 is 11.1 Å². The van der Waals surface area contributed by atoms with E-state index in [1.165, 1.54) is 19.3 Å². The Kier molecular flexibility index (Phi) is 3.06.